The third kappa shape index (κ3) is 3.90. The Kier molecular flexibility index (Phi) is 6.33. The third-order valence-electron chi connectivity index (χ3n) is 5.99. The van der Waals surface area contributed by atoms with Gasteiger partial charge in [-0.1, -0.05) is 0 Å². The molecule has 4 atom stereocenters. The summed E-state index contributed by atoms with van der Waals surface area (Å²) in [5.74, 6) is 2.84. The number of carbonyl (C=O) groups is 1. The van der Waals surface area contributed by atoms with Crippen molar-refractivity contribution in [3.63, 3.8) is 0 Å². The lowest BCUT2D eigenvalue weighted by molar-refractivity contribution is -0.748. The molecule has 0 aliphatic carbocycles. The highest BCUT2D eigenvalue weighted by Crippen LogP contribution is 2.39. The number of ketones is 1. The molecular weight excluding hydrogens is 370 g/mol. The third-order valence-corrected chi connectivity index (χ3v) is 5.99. The smallest absolute Gasteiger partial charge is 0.151 e. The minimum atomic E-state index is -0.146. The summed E-state index contributed by atoms with van der Waals surface area (Å²) in [7, 11) is 6.53. The normalized spacial score (nSPS) is 24.1. The zero-order chi connectivity index (χ0) is 21.1. The van der Waals surface area contributed by atoms with E-state index in [1.807, 2.05) is 50.2 Å². The largest absolute Gasteiger partial charge is 0.497 e. The molecule has 156 valence electrons. The summed E-state index contributed by atoms with van der Waals surface area (Å²) in [6.45, 7) is 3.98. The number of ether oxygens (including phenoxy) is 4. The van der Waals surface area contributed by atoms with Crippen LogP contribution in [0.25, 0.3) is 0 Å². The molecule has 1 saturated heterocycles. The maximum absolute atomic E-state index is 13.2. The molecule has 0 radical (unpaired) electrons. The molecule has 1 aliphatic heterocycles. The van der Waals surface area contributed by atoms with Gasteiger partial charge in [0.25, 0.3) is 0 Å². The van der Waals surface area contributed by atoms with E-state index in [2.05, 4.69) is 5.32 Å². The van der Waals surface area contributed by atoms with E-state index >= 15 is 0 Å². The Balaban J connectivity index is 2.03. The maximum atomic E-state index is 13.2. The molecule has 0 unspecified atom stereocenters. The Labute approximate surface area is 172 Å². The number of methoxy groups -OCH3 is 4. The molecule has 29 heavy (non-hydrogen) atoms. The Morgan fingerprint density at radius 2 is 1.10 bits per heavy atom. The Morgan fingerprint density at radius 1 is 0.690 bits per heavy atom. The molecule has 1 heterocycles. The van der Waals surface area contributed by atoms with Gasteiger partial charge in [0.2, 0.25) is 0 Å². The summed E-state index contributed by atoms with van der Waals surface area (Å²) in [4.78, 5) is 13.2. The molecule has 0 bridgehead atoms. The Hall–Kier alpha value is -2.73. The van der Waals surface area contributed by atoms with Crippen molar-refractivity contribution in [2.24, 2.45) is 11.8 Å². The van der Waals surface area contributed by atoms with Crippen molar-refractivity contribution in [3.05, 3.63) is 47.5 Å². The van der Waals surface area contributed by atoms with Crippen LogP contribution in [0.1, 0.15) is 37.1 Å². The first-order chi connectivity index (χ1) is 13.9. The van der Waals surface area contributed by atoms with Gasteiger partial charge in [-0.15, -0.1) is 0 Å². The summed E-state index contributed by atoms with van der Waals surface area (Å²) in [6, 6.07) is 11.4. The molecular formula is C23H30NO5+. The molecule has 3 rings (SSSR count). The predicted molar refractivity (Wildman–Crippen MR) is 110 cm³/mol. The number of carbonyl (C=O) groups excluding carboxylic acids is 1. The van der Waals surface area contributed by atoms with E-state index < -0.39 is 0 Å². The van der Waals surface area contributed by atoms with E-state index in [9.17, 15) is 4.79 Å². The lowest BCUT2D eigenvalue weighted by Gasteiger charge is -2.37. The van der Waals surface area contributed by atoms with E-state index in [0.29, 0.717) is 0 Å². The van der Waals surface area contributed by atoms with E-state index in [-0.39, 0.29) is 29.7 Å². The zero-order valence-electron chi connectivity index (χ0n) is 17.9. The number of Topliss-reactive ketones (excluding diaryl/α,β-unsaturated/α-hetero) is 1. The first-order valence-electron chi connectivity index (χ1n) is 9.77. The van der Waals surface area contributed by atoms with Crippen LogP contribution in [0, 0.1) is 11.8 Å². The van der Waals surface area contributed by atoms with Crippen molar-refractivity contribution >= 4 is 5.78 Å². The average Bonchev–Trinajstić information content (AvgIpc) is 2.77. The summed E-state index contributed by atoms with van der Waals surface area (Å²) in [6.07, 6.45) is 0. The number of hydrogen-bond donors (Lipinski definition) is 1. The maximum Gasteiger partial charge on any atom is 0.151 e. The molecule has 1 aliphatic rings. The van der Waals surface area contributed by atoms with Gasteiger partial charge in [0.15, 0.2) is 5.78 Å². The molecule has 6 nitrogen and oxygen atoms in total. The van der Waals surface area contributed by atoms with E-state index in [1.165, 1.54) is 0 Å². The topological polar surface area (TPSA) is 70.6 Å². The van der Waals surface area contributed by atoms with Crippen LogP contribution in [0.3, 0.4) is 0 Å². The number of piperidine rings is 1. The van der Waals surface area contributed by atoms with Crippen molar-refractivity contribution < 1.29 is 29.1 Å². The first-order valence-corrected chi connectivity index (χ1v) is 9.77. The number of benzene rings is 2. The van der Waals surface area contributed by atoms with Crippen LogP contribution in [-0.4, -0.2) is 34.2 Å². The minimum absolute atomic E-state index is 0.0728. The highest BCUT2D eigenvalue weighted by atomic mass is 16.5. The van der Waals surface area contributed by atoms with Crippen molar-refractivity contribution in [2.45, 2.75) is 25.9 Å². The monoisotopic (exact) mass is 400 g/mol. The van der Waals surface area contributed by atoms with E-state index in [4.69, 9.17) is 18.9 Å². The van der Waals surface area contributed by atoms with Gasteiger partial charge >= 0.3 is 0 Å². The molecule has 0 spiro atoms. The van der Waals surface area contributed by atoms with Gasteiger partial charge in [-0.05, 0) is 38.1 Å². The van der Waals surface area contributed by atoms with Gasteiger partial charge in [-0.2, -0.15) is 0 Å². The van der Waals surface area contributed by atoms with Gasteiger partial charge in [-0.25, -0.2) is 0 Å². The molecule has 1 fully saturated rings. The van der Waals surface area contributed by atoms with E-state index in [1.54, 1.807) is 28.4 Å². The van der Waals surface area contributed by atoms with Crippen LogP contribution in [0.5, 0.6) is 23.0 Å². The second-order valence-electron chi connectivity index (χ2n) is 7.44. The van der Waals surface area contributed by atoms with Crippen LogP contribution in [0.15, 0.2) is 36.4 Å². The summed E-state index contributed by atoms with van der Waals surface area (Å²) in [5.41, 5.74) is 1.97. The molecule has 2 N–H and O–H groups in total. The van der Waals surface area contributed by atoms with Gasteiger partial charge in [-0.3, -0.25) is 4.79 Å². The van der Waals surface area contributed by atoms with Crippen LogP contribution >= 0.6 is 0 Å². The second-order valence-corrected chi connectivity index (χ2v) is 7.44. The Morgan fingerprint density at radius 3 is 1.45 bits per heavy atom. The molecule has 2 aromatic carbocycles. The quantitative estimate of drug-likeness (QED) is 0.807. The predicted octanol–water partition coefficient (Wildman–Crippen LogP) is 2.92. The summed E-state index contributed by atoms with van der Waals surface area (Å²) >= 11 is 0. The minimum Gasteiger partial charge on any atom is -0.497 e. The van der Waals surface area contributed by atoms with Crippen molar-refractivity contribution in [1.29, 1.82) is 0 Å². The summed E-state index contributed by atoms with van der Waals surface area (Å²) < 4.78 is 21.9. The Bertz CT molecular complexity index is 812. The summed E-state index contributed by atoms with van der Waals surface area (Å²) in [5, 5.41) is 2.26. The van der Waals surface area contributed by atoms with Gasteiger partial charge in [0.05, 0.1) is 51.4 Å². The molecule has 0 aromatic heterocycles. The van der Waals surface area contributed by atoms with E-state index in [0.717, 1.165) is 34.1 Å². The number of rotatable bonds is 6. The number of quaternary nitrogens is 1. The van der Waals surface area contributed by atoms with Crippen LogP contribution in [0.2, 0.25) is 0 Å². The molecule has 0 amide bonds. The van der Waals surface area contributed by atoms with Gasteiger partial charge in [0, 0.05) is 12.1 Å². The molecule has 6 heteroatoms. The van der Waals surface area contributed by atoms with Crippen molar-refractivity contribution in [2.75, 3.05) is 28.4 Å². The SMILES string of the molecule is COc1ccc([C@H]2[NH2+][C@H](c3ccc(OC)cc3OC)[C@H](C)C(=O)[C@H]2C)c(OC)c1. The number of nitrogens with two attached hydrogens (primary N) is 1. The standard InChI is InChI=1S/C23H29NO5/c1-13-21(17-9-7-15(26-3)11-19(17)28-5)24-22(14(2)23(13)25)18-10-8-16(27-4)12-20(18)29-6/h7-14,21-22,24H,1-6H3/p+1/t13-,14-,21-,22-/m0/s1. The fourth-order valence-corrected chi connectivity index (χ4v) is 4.26. The fourth-order valence-electron chi connectivity index (χ4n) is 4.26. The molecule has 2 aromatic rings. The first kappa shape index (κ1) is 21.0. The highest BCUT2D eigenvalue weighted by molar-refractivity contribution is 5.85. The van der Waals surface area contributed by atoms with Gasteiger partial charge in [0.1, 0.15) is 35.1 Å². The average molecular weight is 400 g/mol. The second kappa shape index (κ2) is 8.74. The number of hydrogen-bond acceptors (Lipinski definition) is 5. The van der Waals surface area contributed by atoms with Gasteiger partial charge < -0.3 is 24.3 Å². The van der Waals surface area contributed by atoms with Crippen LogP contribution < -0.4 is 24.3 Å². The zero-order valence-corrected chi connectivity index (χ0v) is 17.9. The highest BCUT2D eigenvalue weighted by Gasteiger charge is 2.45. The van der Waals surface area contributed by atoms with Crippen molar-refractivity contribution in [1.82, 2.24) is 0 Å². The fraction of sp³-hybridized carbons (Fsp3) is 0.435. The van der Waals surface area contributed by atoms with Crippen LogP contribution in [0.4, 0.5) is 0 Å². The van der Waals surface area contributed by atoms with Crippen molar-refractivity contribution in [3.8, 4) is 23.0 Å². The lowest BCUT2D eigenvalue weighted by atomic mass is 9.76. The lowest BCUT2D eigenvalue weighted by Crippen LogP contribution is -2.91. The molecule has 0 saturated carbocycles. The van der Waals surface area contributed by atoms with Crippen LogP contribution in [-0.2, 0) is 4.79 Å².